The lowest BCUT2D eigenvalue weighted by Gasteiger charge is -2.20. The summed E-state index contributed by atoms with van der Waals surface area (Å²) < 4.78 is 5.28. The monoisotopic (exact) mass is 194 g/mol. The third-order valence-electron chi connectivity index (χ3n) is 2.61. The summed E-state index contributed by atoms with van der Waals surface area (Å²) in [5.74, 6) is 0.556. The molecule has 0 aromatic carbocycles. The van der Waals surface area contributed by atoms with Crippen molar-refractivity contribution in [1.29, 1.82) is 0 Å². The first-order chi connectivity index (χ1) is 6.56. The molecule has 0 amide bonds. The molecule has 0 aromatic heterocycles. The molecular weight excluding hydrogens is 176 g/mol. The molecule has 0 N–H and O–H groups in total. The minimum Gasteiger partial charge on any atom is -0.426 e. The lowest BCUT2D eigenvalue weighted by atomic mass is 9.91. The van der Waals surface area contributed by atoms with E-state index in [0.29, 0.717) is 5.76 Å². The predicted molar refractivity (Wildman–Crippen MR) is 56.6 cm³/mol. The number of carbonyl (C=O) groups is 1. The van der Waals surface area contributed by atoms with Crippen LogP contribution in [0.15, 0.2) is 24.0 Å². The van der Waals surface area contributed by atoms with Crippen LogP contribution in [0, 0.1) is 5.41 Å². The Kier molecular flexibility index (Phi) is 3.50. The van der Waals surface area contributed by atoms with Gasteiger partial charge in [0.15, 0.2) is 0 Å². The molecule has 0 aromatic rings. The highest BCUT2D eigenvalue weighted by Gasteiger charge is 2.27. The van der Waals surface area contributed by atoms with Gasteiger partial charge < -0.3 is 4.74 Å². The SMILES string of the molecule is CCC(C)(C)C(=O)OC1=CCCC=C1. The molecule has 1 aliphatic rings. The molecule has 2 nitrogen and oxygen atoms in total. The molecule has 0 atom stereocenters. The van der Waals surface area contributed by atoms with E-state index in [2.05, 4.69) is 0 Å². The minimum absolute atomic E-state index is 0.141. The van der Waals surface area contributed by atoms with E-state index in [0.717, 1.165) is 19.3 Å². The molecule has 1 rings (SSSR count). The van der Waals surface area contributed by atoms with Crippen LogP contribution in [0.2, 0.25) is 0 Å². The summed E-state index contributed by atoms with van der Waals surface area (Å²) in [7, 11) is 0. The molecule has 0 unspecified atom stereocenters. The number of esters is 1. The zero-order valence-electron chi connectivity index (χ0n) is 9.17. The average molecular weight is 194 g/mol. The van der Waals surface area contributed by atoms with Crippen LogP contribution >= 0.6 is 0 Å². The molecule has 0 saturated heterocycles. The van der Waals surface area contributed by atoms with Gasteiger partial charge in [-0.2, -0.15) is 0 Å². The van der Waals surface area contributed by atoms with Crippen molar-refractivity contribution in [2.24, 2.45) is 5.41 Å². The van der Waals surface area contributed by atoms with Crippen molar-refractivity contribution in [2.45, 2.75) is 40.0 Å². The summed E-state index contributed by atoms with van der Waals surface area (Å²) in [5, 5.41) is 0. The van der Waals surface area contributed by atoms with Crippen molar-refractivity contribution in [1.82, 2.24) is 0 Å². The maximum absolute atomic E-state index is 11.7. The third kappa shape index (κ3) is 2.72. The molecule has 0 heterocycles. The van der Waals surface area contributed by atoms with Crippen LogP contribution in [0.5, 0.6) is 0 Å². The highest BCUT2D eigenvalue weighted by atomic mass is 16.5. The van der Waals surface area contributed by atoms with Gasteiger partial charge in [0.2, 0.25) is 0 Å². The number of carbonyl (C=O) groups excluding carboxylic acids is 1. The zero-order valence-corrected chi connectivity index (χ0v) is 9.17. The van der Waals surface area contributed by atoms with Crippen molar-refractivity contribution in [3.8, 4) is 0 Å². The summed E-state index contributed by atoms with van der Waals surface area (Å²) in [6.45, 7) is 5.80. The first-order valence-corrected chi connectivity index (χ1v) is 5.15. The average Bonchev–Trinajstić information content (AvgIpc) is 2.19. The van der Waals surface area contributed by atoms with Gasteiger partial charge in [0.05, 0.1) is 5.41 Å². The van der Waals surface area contributed by atoms with E-state index < -0.39 is 0 Å². The Labute approximate surface area is 85.6 Å². The van der Waals surface area contributed by atoms with Gasteiger partial charge in [-0.3, -0.25) is 4.79 Å². The van der Waals surface area contributed by atoms with Gasteiger partial charge in [0.1, 0.15) is 5.76 Å². The lowest BCUT2D eigenvalue weighted by Crippen LogP contribution is -2.25. The topological polar surface area (TPSA) is 26.3 Å². The predicted octanol–water partition coefficient (Wildman–Crippen LogP) is 3.20. The van der Waals surface area contributed by atoms with E-state index in [1.54, 1.807) is 0 Å². The van der Waals surface area contributed by atoms with Crippen molar-refractivity contribution >= 4 is 5.97 Å². The van der Waals surface area contributed by atoms with Crippen molar-refractivity contribution < 1.29 is 9.53 Å². The maximum atomic E-state index is 11.7. The second-order valence-corrected chi connectivity index (χ2v) is 4.21. The number of hydrogen-bond acceptors (Lipinski definition) is 2. The maximum Gasteiger partial charge on any atom is 0.316 e. The lowest BCUT2D eigenvalue weighted by molar-refractivity contribution is -0.149. The van der Waals surface area contributed by atoms with Gasteiger partial charge in [0, 0.05) is 0 Å². The van der Waals surface area contributed by atoms with E-state index in [9.17, 15) is 4.79 Å². The largest absolute Gasteiger partial charge is 0.426 e. The summed E-state index contributed by atoms with van der Waals surface area (Å²) in [6, 6.07) is 0. The van der Waals surface area contributed by atoms with E-state index in [1.165, 1.54) is 0 Å². The highest BCUT2D eigenvalue weighted by molar-refractivity contribution is 5.77. The molecule has 2 heteroatoms. The van der Waals surface area contributed by atoms with Gasteiger partial charge in [-0.15, -0.1) is 0 Å². The normalized spacial score (nSPS) is 16.4. The smallest absolute Gasteiger partial charge is 0.316 e. The summed E-state index contributed by atoms with van der Waals surface area (Å²) in [4.78, 5) is 11.7. The first kappa shape index (κ1) is 11.0. The fourth-order valence-electron chi connectivity index (χ4n) is 1.05. The van der Waals surface area contributed by atoms with Crippen LogP contribution in [0.4, 0.5) is 0 Å². The van der Waals surface area contributed by atoms with Gasteiger partial charge in [-0.25, -0.2) is 0 Å². The Morgan fingerprint density at radius 2 is 2.21 bits per heavy atom. The highest BCUT2D eigenvalue weighted by Crippen LogP contribution is 2.24. The number of rotatable bonds is 3. The second-order valence-electron chi connectivity index (χ2n) is 4.21. The molecule has 0 fully saturated rings. The Morgan fingerprint density at radius 3 is 2.71 bits per heavy atom. The summed E-state index contributed by atoms with van der Waals surface area (Å²) in [6.07, 6.45) is 8.66. The quantitative estimate of drug-likeness (QED) is 0.645. The van der Waals surface area contributed by atoms with E-state index in [-0.39, 0.29) is 11.4 Å². The number of ether oxygens (including phenoxy) is 1. The van der Waals surface area contributed by atoms with Crippen LogP contribution in [0.1, 0.15) is 40.0 Å². The van der Waals surface area contributed by atoms with Crippen LogP contribution in [0.3, 0.4) is 0 Å². The molecule has 14 heavy (non-hydrogen) atoms. The van der Waals surface area contributed by atoms with Gasteiger partial charge >= 0.3 is 5.97 Å². The van der Waals surface area contributed by atoms with E-state index in [4.69, 9.17) is 4.74 Å². The van der Waals surface area contributed by atoms with Gasteiger partial charge in [-0.1, -0.05) is 13.0 Å². The molecular formula is C12H18O2. The zero-order chi connectivity index (χ0) is 10.6. The van der Waals surface area contributed by atoms with Crippen molar-refractivity contribution in [3.63, 3.8) is 0 Å². The standard InChI is InChI=1S/C12H18O2/c1-4-12(2,3)11(13)14-10-8-6-5-7-9-10/h6,8-9H,4-5,7H2,1-3H3. The Hall–Kier alpha value is -1.05. The molecule has 0 aliphatic heterocycles. The molecule has 78 valence electrons. The number of hydrogen-bond donors (Lipinski definition) is 0. The summed E-state index contributed by atoms with van der Waals surface area (Å²) >= 11 is 0. The van der Waals surface area contributed by atoms with Crippen LogP contribution in [-0.4, -0.2) is 5.97 Å². The van der Waals surface area contributed by atoms with E-state index >= 15 is 0 Å². The number of allylic oxidation sites excluding steroid dienone is 3. The second kappa shape index (κ2) is 4.45. The first-order valence-electron chi connectivity index (χ1n) is 5.15. The van der Waals surface area contributed by atoms with Crippen LogP contribution in [0.25, 0.3) is 0 Å². The summed E-state index contributed by atoms with van der Waals surface area (Å²) in [5.41, 5.74) is -0.383. The molecule has 0 bridgehead atoms. The molecule has 0 saturated carbocycles. The Balaban J connectivity index is 2.56. The molecule has 1 aliphatic carbocycles. The van der Waals surface area contributed by atoms with Crippen molar-refractivity contribution in [2.75, 3.05) is 0 Å². The third-order valence-corrected chi connectivity index (χ3v) is 2.61. The Bertz CT molecular complexity index is 272. The van der Waals surface area contributed by atoms with E-state index in [1.807, 2.05) is 39.0 Å². The van der Waals surface area contributed by atoms with Crippen molar-refractivity contribution in [3.05, 3.63) is 24.0 Å². The fourth-order valence-corrected chi connectivity index (χ4v) is 1.05. The van der Waals surface area contributed by atoms with Crippen LogP contribution in [-0.2, 0) is 9.53 Å². The van der Waals surface area contributed by atoms with Crippen LogP contribution < -0.4 is 0 Å². The molecule has 0 spiro atoms. The Morgan fingerprint density at radius 1 is 1.50 bits per heavy atom. The van der Waals surface area contributed by atoms with Gasteiger partial charge in [-0.05, 0) is 45.3 Å². The fraction of sp³-hybridized carbons (Fsp3) is 0.583. The minimum atomic E-state index is -0.383. The van der Waals surface area contributed by atoms with Gasteiger partial charge in [0.25, 0.3) is 0 Å². The molecule has 0 radical (unpaired) electrons.